The van der Waals surface area contributed by atoms with Crippen LogP contribution in [0.1, 0.15) is 41.5 Å². The van der Waals surface area contributed by atoms with Crippen molar-refractivity contribution in [1.82, 2.24) is 25.2 Å². The molecule has 2 unspecified atom stereocenters. The maximum absolute atomic E-state index is 13.5. The lowest BCUT2D eigenvalue weighted by Gasteiger charge is -2.39. The molecule has 2 aromatic heterocycles. The van der Waals surface area contributed by atoms with Crippen molar-refractivity contribution in [3.8, 4) is 0 Å². The van der Waals surface area contributed by atoms with Gasteiger partial charge < -0.3 is 15.2 Å². The van der Waals surface area contributed by atoms with E-state index >= 15 is 0 Å². The quantitative estimate of drug-likeness (QED) is 0.553. The summed E-state index contributed by atoms with van der Waals surface area (Å²) >= 11 is 6.37. The van der Waals surface area contributed by atoms with Crippen molar-refractivity contribution >= 4 is 34.1 Å². The normalized spacial score (nSPS) is 21.2. The van der Waals surface area contributed by atoms with Crippen LogP contribution in [0, 0.1) is 5.82 Å². The van der Waals surface area contributed by atoms with Crippen molar-refractivity contribution in [3.05, 3.63) is 63.2 Å². The molecule has 2 aliphatic rings. The van der Waals surface area contributed by atoms with Gasteiger partial charge in [-0.05, 0) is 49.6 Å². The maximum atomic E-state index is 13.5. The summed E-state index contributed by atoms with van der Waals surface area (Å²) in [5.74, 6) is 0.177. The van der Waals surface area contributed by atoms with Crippen LogP contribution < -0.4 is 15.8 Å². The van der Waals surface area contributed by atoms with Crippen LogP contribution in [0.25, 0.3) is 10.9 Å². The Morgan fingerprint density at radius 1 is 1.15 bits per heavy atom. The molecule has 178 valence electrons. The van der Waals surface area contributed by atoms with Crippen molar-refractivity contribution in [2.75, 3.05) is 38.1 Å². The lowest BCUT2D eigenvalue weighted by atomic mass is 10.1. The molecule has 2 N–H and O–H groups in total. The van der Waals surface area contributed by atoms with Gasteiger partial charge in [0.15, 0.2) is 5.15 Å². The first-order valence-corrected chi connectivity index (χ1v) is 11.9. The number of pyridine rings is 1. The van der Waals surface area contributed by atoms with E-state index in [4.69, 9.17) is 11.6 Å². The first kappa shape index (κ1) is 22.7. The number of aromatic nitrogens is 3. The zero-order chi connectivity index (χ0) is 23.8. The third-order valence-electron chi connectivity index (χ3n) is 6.94. The molecule has 1 saturated heterocycles. The smallest absolute Gasteiger partial charge is 0.269 e. The van der Waals surface area contributed by atoms with Gasteiger partial charge in [0.2, 0.25) is 0 Å². The Labute approximate surface area is 201 Å². The highest BCUT2D eigenvalue weighted by atomic mass is 35.5. The van der Waals surface area contributed by atoms with Crippen LogP contribution in [-0.2, 0) is 0 Å². The molecule has 1 aliphatic carbocycles. The van der Waals surface area contributed by atoms with Crippen molar-refractivity contribution in [3.63, 3.8) is 0 Å². The molecule has 1 aromatic carbocycles. The molecule has 34 heavy (non-hydrogen) atoms. The lowest BCUT2D eigenvalue weighted by Crippen LogP contribution is -2.50. The SMILES string of the molecule is CNC(=O)c1ccc(N2CCN(C3CCC(c4nc5ccc(F)cc5c(=O)[nH]4)C3)CC2)c(Cl)n1. The van der Waals surface area contributed by atoms with Gasteiger partial charge in [0.1, 0.15) is 17.3 Å². The van der Waals surface area contributed by atoms with Gasteiger partial charge >= 0.3 is 0 Å². The summed E-state index contributed by atoms with van der Waals surface area (Å²) in [6.45, 7) is 3.43. The molecule has 0 spiro atoms. The molecule has 1 saturated carbocycles. The van der Waals surface area contributed by atoms with Gasteiger partial charge in [0, 0.05) is 45.2 Å². The summed E-state index contributed by atoms with van der Waals surface area (Å²) in [7, 11) is 1.56. The molecular formula is C24H26ClFN6O2. The predicted molar refractivity (Wildman–Crippen MR) is 129 cm³/mol. The van der Waals surface area contributed by atoms with E-state index in [1.807, 2.05) is 6.07 Å². The zero-order valence-electron chi connectivity index (χ0n) is 18.9. The molecule has 8 nitrogen and oxygen atoms in total. The Bertz CT molecular complexity index is 1290. The number of H-pyrrole nitrogens is 1. The molecular weight excluding hydrogens is 459 g/mol. The number of anilines is 1. The first-order valence-electron chi connectivity index (χ1n) is 11.5. The van der Waals surface area contributed by atoms with Crippen LogP contribution in [0.3, 0.4) is 0 Å². The first-order chi connectivity index (χ1) is 16.4. The van der Waals surface area contributed by atoms with Crippen molar-refractivity contribution in [2.24, 2.45) is 0 Å². The molecule has 1 aliphatic heterocycles. The number of halogens is 2. The Morgan fingerprint density at radius 3 is 2.68 bits per heavy atom. The minimum absolute atomic E-state index is 0.182. The fourth-order valence-electron chi connectivity index (χ4n) is 5.11. The minimum Gasteiger partial charge on any atom is -0.366 e. The number of nitrogens with one attached hydrogen (secondary N) is 2. The van der Waals surface area contributed by atoms with E-state index in [1.165, 1.54) is 12.1 Å². The van der Waals surface area contributed by atoms with Crippen LogP contribution >= 0.6 is 11.6 Å². The van der Waals surface area contributed by atoms with Crippen LogP contribution in [0.15, 0.2) is 35.1 Å². The Morgan fingerprint density at radius 2 is 1.94 bits per heavy atom. The van der Waals surface area contributed by atoms with Gasteiger partial charge in [0.25, 0.3) is 11.5 Å². The van der Waals surface area contributed by atoms with Crippen molar-refractivity contribution in [1.29, 1.82) is 0 Å². The van der Waals surface area contributed by atoms with E-state index < -0.39 is 5.82 Å². The van der Waals surface area contributed by atoms with Gasteiger partial charge in [-0.3, -0.25) is 14.5 Å². The fraction of sp³-hybridized carbons (Fsp3) is 0.417. The van der Waals surface area contributed by atoms with Crippen LogP contribution in [0.2, 0.25) is 5.15 Å². The van der Waals surface area contributed by atoms with Crippen molar-refractivity contribution in [2.45, 2.75) is 31.2 Å². The maximum Gasteiger partial charge on any atom is 0.269 e. The van der Waals surface area contributed by atoms with Crippen LogP contribution in [0.4, 0.5) is 10.1 Å². The number of hydrogen-bond donors (Lipinski definition) is 2. The molecule has 0 bridgehead atoms. The van der Waals surface area contributed by atoms with E-state index in [0.29, 0.717) is 28.2 Å². The highest BCUT2D eigenvalue weighted by Gasteiger charge is 2.33. The molecule has 3 aromatic rings. The lowest BCUT2D eigenvalue weighted by molar-refractivity contribution is 0.0958. The highest BCUT2D eigenvalue weighted by Crippen LogP contribution is 2.36. The van der Waals surface area contributed by atoms with E-state index in [-0.39, 0.29) is 22.8 Å². The number of benzene rings is 1. The molecule has 1 amide bonds. The number of aromatic amines is 1. The van der Waals surface area contributed by atoms with Gasteiger partial charge in [-0.1, -0.05) is 11.6 Å². The zero-order valence-corrected chi connectivity index (χ0v) is 19.6. The monoisotopic (exact) mass is 484 g/mol. The molecule has 10 heteroatoms. The summed E-state index contributed by atoms with van der Waals surface area (Å²) < 4.78 is 13.5. The largest absolute Gasteiger partial charge is 0.366 e. The number of piperazine rings is 1. The topological polar surface area (TPSA) is 94.2 Å². The van der Waals surface area contributed by atoms with Crippen LogP contribution in [0.5, 0.6) is 0 Å². The average Bonchev–Trinajstić information content (AvgIpc) is 3.34. The predicted octanol–water partition coefficient (Wildman–Crippen LogP) is 2.93. The average molecular weight is 485 g/mol. The number of hydrogen-bond acceptors (Lipinski definition) is 6. The minimum atomic E-state index is -0.438. The Hall–Kier alpha value is -3.04. The highest BCUT2D eigenvalue weighted by molar-refractivity contribution is 6.32. The Balaban J connectivity index is 1.22. The van der Waals surface area contributed by atoms with Crippen LogP contribution in [-0.4, -0.2) is 65.0 Å². The second kappa shape index (κ2) is 9.31. The second-order valence-electron chi connectivity index (χ2n) is 8.89. The van der Waals surface area contributed by atoms with E-state index in [0.717, 1.165) is 51.1 Å². The molecule has 2 fully saturated rings. The van der Waals surface area contributed by atoms with Gasteiger partial charge in [0.05, 0.1) is 16.6 Å². The van der Waals surface area contributed by atoms with E-state index in [2.05, 4.69) is 30.1 Å². The number of carbonyl (C=O) groups excluding carboxylic acids is 1. The van der Waals surface area contributed by atoms with Crippen molar-refractivity contribution < 1.29 is 9.18 Å². The third kappa shape index (κ3) is 4.37. The summed E-state index contributed by atoms with van der Waals surface area (Å²) in [6.07, 6.45) is 2.93. The van der Waals surface area contributed by atoms with E-state index in [9.17, 15) is 14.0 Å². The number of nitrogens with zero attached hydrogens (tertiary/aromatic N) is 4. The standard InChI is InChI=1S/C24H26ClFN6O2/c1-27-24(34)19-6-7-20(21(25)28-19)32-10-8-31(9-11-32)16-4-2-14(12-16)22-29-18-5-3-15(26)13-17(18)23(33)30-22/h3,5-7,13-14,16H,2,4,8-12H2,1H3,(H,27,34)(H,29,30,33). The summed E-state index contributed by atoms with van der Waals surface area (Å²) in [5, 5.41) is 3.17. The van der Waals surface area contributed by atoms with Gasteiger partial charge in [-0.15, -0.1) is 0 Å². The third-order valence-corrected chi connectivity index (χ3v) is 7.22. The number of fused-ring (bicyclic) bond motifs is 1. The van der Waals surface area contributed by atoms with Gasteiger partial charge in [-0.25, -0.2) is 14.4 Å². The molecule has 0 radical (unpaired) electrons. The molecule has 2 atom stereocenters. The summed E-state index contributed by atoms with van der Waals surface area (Å²) in [6, 6.07) is 8.11. The number of carbonyl (C=O) groups is 1. The van der Waals surface area contributed by atoms with E-state index in [1.54, 1.807) is 19.2 Å². The number of rotatable bonds is 4. The number of amides is 1. The van der Waals surface area contributed by atoms with Gasteiger partial charge in [-0.2, -0.15) is 0 Å². The Kier molecular flexibility index (Phi) is 6.22. The summed E-state index contributed by atoms with van der Waals surface area (Å²) in [5.41, 5.74) is 1.39. The second-order valence-corrected chi connectivity index (χ2v) is 9.24. The molecule has 3 heterocycles. The fourth-order valence-corrected chi connectivity index (χ4v) is 5.38. The summed E-state index contributed by atoms with van der Waals surface area (Å²) in [4.78, 5) is 40.7. The molecule has 5 rings (SSSR count).